The van der Waals surface area contributed by atoms with Crippen molar-refractivity contribution in [2.24, 2.45) is 0 Å². The Morgan fingerprint density at radius 2 is 1.61 bits per heavy atom. The normalized spacial score (nSPS) is 10.1. The first-order chi connectivity index (χ1) is 8.65. The van der Waals surface area contributed by atoms with E-state index < -0.39 is 0 Å². The van der Waals surface area contributed by atoms with Gasteiger partial charge in [-0.05, 0) is 23.8 Å². The monoisotopic (exact) mass is 245 g/mol. The number of benzene rings is 1. The van der Waals surface area contributed by atoms with Gasteiger partial charge in [-0.25, -0.2) is 4.98 Å². The van der Waals surface area contributed by atoms with Crippen molar-refractivity contribution in [2.75, 3.05) is 25.7 Å². The Bertz CT molecular complexity index is 548. The average Bonchev–Trinajstić information content (AvgIpc) is 2.41. The van der Waals surface area contributed by atoms with Gasteiger partial charge in [0.15, 0.2) is 0 Å². The molecule has 1 aromatic carbocycles. The fourth-order valence-corrected chi connectivity index (χ4v) is 1.70. The van der Waals surface area contributed by atoms with Crippen molar-refractivity contribution >= 4 is 11.5 Å². The SMILES string of the molecule is COc1cc(OC)cc(-c2ccnc(N)c2N)c1. The Morgan fingerprint density at radius 1 is 1.00 bits per heavy atom. The average molecular weight is 245 g/mol. The number of nitrogens with zero attached hydrogens (tertiary/aromatic N) is 1. The molecular formula is C13H15N3O2. The molecule has 2 rings (SSSR count). The largest absolute Gasteiger partial charge is 0.497 e. The molecule has 1 heterocycles. The van der Waals surface area contributed by atoms with E-state index in [1.54, 1.807) is 32.5 Å². The van der Waals surface area contributed by atoms with Crippen LogP contribution < -0.4 is 20.9 Å². The van der Waals surface area contributed by atoms with Crippen LogP contribution in [0.5, 0.6) is 11.5 Å². The Hall–Kier alpha value is -2.43. The Morgan fingerprint density at radius 3 is 2.17 bits per heavy atom. The van der Waals surface area contributed by atoms with E-state index in [2.05, 4.69) is 4.98 Å². The molecule has 5 heteroatoms. The fraction of sp³-hybridized carbons (Fsp3) is 0.154. The molecule has 18 heavy (non-hydrogen) atoms. The van der Waals surface area contributed by atoms with Gasteiger partial charge in [0.2, 0.25) is 0 Å². The first-order valence-electron chi connectivity index (χ1n) is 5.39. The molecule has 1 aromatic heterocycles. The first-order valence-corrected chi connectivity index (χ1v) is 5.39. The third-order valence-corrected chi connectivity index (χ3v) is 2.68. The summed E-state index contributed by atoms with van der Waals surface area (Å²) in [4.78, 5) is 3.94. The van der Waals surface area contributed by atoms with E-state index >= 15 is 0 Å². The molecule has 0 atom stereocenters. The van der Waals surface area contributed by atoms with Crippen LogP contribution in [-0.4, -0.2) is 19.2 Å². The van der Waals surface area contributed by atoms with Crippen LogP contribution in [0.3, 0.4) is 0 Å². The van der Waals surface area contributed by atoms with Crippen LogP contribution in [0.1, 0.15) is 0 Å². The van der Waals surface area contributed by atoms with E-state index in [0.29, 0.717) is 23.0 Å². The molecule has 0 radical (unpaired) electrons. The number of ether oxygens (including phenoxy) is 2. The zero-order valence-corrected chi connectivity index (χ0v) is 10.3. The molecule has 0 unspecified atom stereocenters. The predicted octanol–water partition coefficient (Wildman–Crippen LogP) is 1.93. The van der Waals surface area contributed by atoms with Gasteiger partial charge in [-0.15, -0.1) is 0 Å². The molecule has 5 nitrogen and oxygen atoms in total. The molecule has 0 spiro atoms. The second-order valence-corrected chi connectivity index (χ2v) is 3.76. The molecule has 0 bridgehead atoms. The van der Waals surface area contributed by atoms with Gasteiger partial charge >= 0.3 is 0 Å². The second kappa shape index (κ2) is 4.83. The molecule has 0 saturated carbocycles. The van der Waals surface area contributed by atoms with E-state index in [1.807, 2.05) is 12.1 Å². The minimum Gasteiger partial charge on any atom is -0.497 e. The number of hydrogen-bond acceptors (Lipinski definition) is 5. The summed E-state index contributed by atoms with van der Waals surface area (Å²) in [5.74, 6) is 1.70. The summed E-state index contributed by atoms with van der Waals surface area (Å²) in [6, 6.07) is 7.34. The summed E-state index contributed by atoms with van der Waals surface area (Å²) in [7, 11) is 3.20. The van der Waals surface area contributed by atoms with E-state index in [1.165, 1.54) is 0 Å². The smallest absolute Gasteiger partial charge is 0.147 e. The van der Waals surface area contributed by atoms with Gasteiger partial charge in [-0.1, -0.05) is 0 Å². The standard InChI is InChI=1S/C13H15N3O2/c1-17-9-5-8(6-10(7-9)18-2)11-3-4-16-13(15)12(11)14/h3-7H,14H2,1-2H3,(H2,15,16). The van der Waals surface area contributed by atoms with Gasteiger partial charge in [-0.3, -0.25) is 0 Å². The first kappa shape index (κ1) is 12.0. The van der Waals surface area contributed by atoms with E-state index in [4.69, 9.17) is 20.9 Å². The molecule has 4 N–H and O–H groups in total. The number of pyridine rings is 1. The number of nitrogens with two attached hydrogens (primary N) is 2. The van der Waals surface area contributed by atoms with Crippen LogP contribution in [0.25, 0.3) is 11.1 Å². The zero-order chi connectivity index (χ0) is 13.1. The molecule has 94 valence electrons. The quantitative estimate of drug-likeness (QED) is 0.863. The second-order valence-electron chi connectivity index (χ2n) is 3.76. The van der Waals surface area contributed by atoms with Gasteiger partial charge in [0.25, 0.3) is 0 Å². The minimum atomic E-state index is 0.314. The van der Waals surface area contributed by atoms with Crippen LogP contribution >= 0.6 is 0 Å². The molecule has 0 aliphatic carbocycles. The third-order valence-electron chi connectivity index (χ3n) is 2.68. The maximum Gasteiger partial charge on any atom is 0.147 e. The summed E-state index contributed by atoms with van der Waals surface area (Å²) < 4.78 is 10.4. The van der Waals surface area contributed by atoms with Gasteiger partial charge in [0, 0.05) is 17.8 Å². The number of hydrogen-bond donors (Lipinski definition) is 2. The number of anilines is 2. The predicted molar refractivity (Wildman–Crippen MR) is 71.6 cm³/mol. The zero-order valence-electron chi connectivity index (χ0n) is 10.3. The van der Waals surface area contributed by atoms with Gasteiger partial charge in [0.05, 0.1) is 19.9 Å². The highest BCUT2D eigenvalue weighted by atomic mass is 16.5. The molecule has 0 aliphatic rings. The number of aromatic nitrogens is 1. The Kier molecular flexibility index (Phi) is 3.23. The maximum atomic E-state index is 5.93. The lowest BCUT2D eigenvalue weighted by Gasteiger charge is -2.11. The summed E-state index contributed by atoms with van der Waals surface area (Å²) in [5, 5.41) is 0. The van der Waals surface area contributed by atoms with Crippen molar-refractivity contribution in [1.29, 1.82) is 0 Å². The van der Waals surface area contributed by atoms with Gasteiger partial charge in [0.1, 0.15) is 17.3 Å². The van der Waals surface area contributed by atoms with Crippen molar-refractivity contribution in [3.8, 4) is 22.6 Å². The minimum absolute atomic E-state index is 0.314. The number of rotatable bonds is 3. The summed E-state index contributed by atoms with van der Waals surface area (Å²) in [5.41, 5.74) is 13.8. The molecule has 0 amide bonds. The maximum absolute atomic E-state index is 5.93. The number of nitrogen functional groups attached to an aromatic ring is 2. The van der Waals surface area contributed by atoms with Crippen LogP contribution in [0, 0.1) is 0 Å². The van der Waals surface area contributed by atoms with Crippen molar-refractivity contribution in [3.05, 3.63) is 30.5 Å². The Labute approximate surface area is 105 Å². The summed E-state index contributed by atoms with van der Waals surface area (Å²) >= 11 is 0. The van der Waals surface area contributed by atoms with Crippen LogP contribution in [0.15, 0.2) is 30.5 Å². The van der Waals surface area contributed by atoms with Crippen LogP contribution in [-0.2, 0) is 0 Å². The van der Waals surface area contributed by atoms with Gasteiger partial charge in [-0.2, -0.15) is 0 Å². The Balaban J connectivity index is 2.59. The van der Waals surface area contributed by atoms with Crippen LogP contribution in [0.2, 0.25) is 0 Å². The lowest BCUT2D eigenvalue weighted by Crippen LogP contribution is -1.99. The van der Waals surface area contributed by atoms with Gasteiger partial charge < -0.3 is 20.9 Å². The highest BCUT2D eigenvalue weighted by Crippen LogP contribution is 2.34. The number of methoxy groups -OCH3 is 2. The van der Waals surface area contributed by atoms with Crippen molar-refractivity contribution < 1.29 is 9.47 Å². The van der Waals surface area contributed by atoms with E-state index in [0.717, 1.165) is 11.1 Å². The summed E-state index contributed by atoms with van der Waals surface area (Å²) in [6.45, 7) is 0. The van der Waals surface area contributed by atoms with Crippen molar-refractivity contribution in [1.82, 2.24) is 4.98 Å². The van der Waals surface area contributed by atoms with Crippen LogP contribution in [0.4, 0.5) is 11.5 Å². The highest BCUT2D eigenvalue weighted by molar-refractivity contribution is 5.83. The molecule has 2 aromatic rings. The topological polar surface area (TPSA) is 83.4 Å². The van der Waals surface area contributed by atoms with E-state index in [-0.39, 0.29) is 0 Å². The fourth-order valence-electron chi connectivity index (χ4n) is 1.70. The lowest BCUT2D eigenvalue weighted by molar-refractivity contribution is 0.394. The van der Waals surface area contributed by atoms with E-state index in [9.17, 15) is 0 Å². The highest BCUT2D eigenvalue weighted by Gasteiger charge is 2.09. The molecular weight excluding hydrogens is 230 g/mol. The van der Waals surface area contributed by atoms with Crippen molar-refractivity contribution in [3.63, 3.8) is 0 Å². The third kappa shape index (κ3) is 2.15. The molecule has 0 fully saturated rings. The lowest BCUT2D eigenvalue weighted by atomic mass is 10.0. The summed E-state index contributed by atoms with van der Waals surface area (Å²) in [6.07, 6.45) is 1.62. The molecule has 0 saturated heterocycles. The molecule has 0 aliphatic heterocycles. The van der Waals surface area contributed by atoms with Crippen molar-refractivity contribution in [2.45, 2.75) is 0 Å².